The summed E-state index contributed by atoms with van der Waals surface area (Å²) in [6.45, 7) is 4.99. The molecule has 1 amide bonds. The van der Waals surface area contributed by atoms with Crippen LogP contribution in [0.3, 0.4) is 0 Å². The van der Waals surface area contributed by atoms with E-state index < -0.39 is 22.7 Å². The van der Waals surface area contributed by atoms with Crippen LogP contribution in [0.5, 0.6) is 0 Å². The van der Waals surface area contributed by atoms with Gasteiger partial charge in [0.1, 0.15) is 10.5 Å². The fourth-order valence-corrected chi connectivity index (χ4v) is 3.35. The third-order valence-corrected chi connectivity index (χ3v) is 4.14. The Morgan fingerprint density at radius 3 is 2.45 bits per heavy atom. The molecular formula is C13H16F3NO2S. The highest BCUT2D eigenvalue weighted by Crippen LogP contribution is 2.47. The van der Waals surface area contributed by atoms with E-state index in [9.17, 15) is 18.0 Å². The molecule has 0 aliphatic heterocycles. The number of amides is 1. The fraction of sp³-hybridized carbons (Fsp3) is 0.615. The number of carbonyl (C=O) groups excluding carboxylic acids is 1. The van der Waals surface area contributed by atoms with Gasteiger partial charge in [-0.05, 0) is 45.6 Å². The number of ether oxygens (including phenoxy) is 1. The van der Waals surface area contributed by atoms with Gasteiger partial charge in [0.2, 0.25) is 0 Å². The summed E-state index contributed by atoms with van der Waals surface area (Å²) in [5.41, 5.74) is -0.265. The molecule has 0 spiro atoms. The van der Waals surface area contributed by atoms with Crippen LogP contribution >= 0.6 is 11.3 Å². The number of anilines is 1. The number of carbonyl (C=O) groups is 1. The van der Waals surface area contributed by atoms with Crippen molar-refractivity contribution in [2.45, 2.75) is 51.8 Å². The normalized spacial score (nSPS) is 15.1. The maximum atomic E-state index is 13.0. The van der Waals surface area contributed by atoms with Crippen LogP contribution in [0.2, 0.25) is 0 Å². The second-order valence-corrected chi connectivity index (χ2v) is 6.79. The van der Waals surface area contributed by atoms with Gasteiger partial charge in [0.25, 0.3) is 0 Å². The minimum atomic E-state index is -4.46. The van der Waals surface area contributed by atoms with Crippen molar-refractivity contribution >= 4 is 23.1 Å². The number of halogens is 3. The fourth-order valence-electron chi connectivity index (χ4n) is 2.14. The first-order valence-electron chi connectivity index (χ1n) is 6.29. The number of nitrogens with one attached hydrogen (secondary N) is 1. The van der Waals surface area contributed by atoms with E-state index in [1.54, 1.807) is 20.8 Å². The van der Waals surface area contributed by atoms with Crippen molar-refractivity contribution < 1.29 is 22.7 Å². The summed E-state index contributed by atoms with van der Waals surface area (Å²) >= 11 is 0.720. The average molecular weight is 307 g/mol. The first kappa shape index (κ1) is 15.2. The molecule has 7 heteroatoms. The lowest BCUT2D eigenvalue weighted by molar-refractivity contribution is -0.133. The lowest BCUT2D eigenvalue weighted by Gasteiger charge is -2.20. The summed E-state index contributed by atoms with van der Waals surface area (Å²) in [5.74, 6) is 0. The summed E-state index contributed by atoms with van der Waals surface area (Å²) < 4.78 is 44.1. The Morgan fingerprint density at radius 1 is 1.25 bits per heavy atom. The SMILES string of the molecule is CC(C)(C)OC(=O)Nc1c(C(F)(F)F)sc2c1CCC2. The Labute approximate surface area is 119 Å². The van der Waals surface area contributed by atoms with E-state index in [1.165, 1.54) is 0 Å². The van der Waals surface area contributed by atoms with Crippen molar-refractivity contribution in [2.75, 3.05) is 5.32 Å². The molecule has 0 fully saturated rings. The molecule has 1 aliphatic carbocycles. The van der Waals surface area contributed by atoms with Gasteiger partial charge in [0.05, 0.1) is 5.69 Å². The number of rotatable bonds is 1. The van der Waals surface area contributed by atoms with E-state index >= 15 is 0 Å². The number of thiophene rings is 1. The third kappa shape index (κ3) is 3.26. The van der Waals surface area contributed by atoms with Crippen molar-refractivity contribution in [3.05, 3.63) is 15.3 Å². The molecule has 112 valence electrons. The highest BCUT2D eigenvalue weighted by molar-refractivity contribution is 7.13. The molecule has 1 aliphatic rings. The molecule has 1 aromatic heterocycles. The van der Waals surface area contributed by atoms with E-state index in [4.69, 9.17) is 4.74 Å². The monoisotopic (exact) mass is 307 g/mol. The average Bonchev–Trinajstić information content (AvgIpc) is 2.76. The molecule has 0 aromatic carbocycles. The Balaban J connectivity index is 2.29. The van der Waals surface area contributed by atoms with E-state index in [0.29, 0.717) is 23.3 Å². The Morgan fingerprint density at radius 2 is 1.90 bits per heavy atom. The zero-order valence-corrected chi connectivity index (χ0v) is 12.3. The maximum absolute atomic E-state index is 13.0. The molecule has 20 heavy (non-hydrogen) atoms. The van der Waals surface area contributed by atoms with Crippen LogP contribution in [0.15, 0.2) is 0 Å². The molecule has 0 radical (unpaired) electrons. The van der Waals surface area contributed by atoms with Crippen LogP contribution < -0.4 is 5.32 Å². The Hall–Kier alpha value is -1.24. The summed E-state index contributed by atoms with van der Waals surface area (Å²) in [5, 5.41) is 2.28. The van der Waals surface area contributed by atoms with Gasteiger partial charge >= 0.3 is 12.3 Å². The molecule has 0 saturated heterocycles. The second-order valence-electron chi connectivity index (χ2n) is 5.69. The molecule has 0 unspecified atom stereocenters. The molecule has 1 heterocycles. The number of fused-ring (bicyclic) bond motifs is 1. The number of aryl methyl sites for hydroxylation is 1. The van der Waals surface area contributed by atoms with Gasteiger partial charge in [-0.25, -0.2) is 4.79 Å². The third-order valence-electron chi connectivity index (χ3n) is 2.80. The molecular weight excluding hydrogens is 291 g/mol. The topological polar surface area (TPSA) is 38.3 Å². The Kier molecular flexibility index (Phi) is 3.75. The van der Waals surface area contributed by atoms with Gasteiger partial charge in [-0.3, -0.25) is 5.32 Å². The van der Waals surface area contributed by atoms with Gasteiger partial charge in [-0.2, -0.15) is 13.2 Å². The van der Waals surface area contributed by atoms with Crippen LogP contribution in [0.1, 0.15) is 42.5 Å². The first-order valence-corrected chi connectivity index (χ1v) is 7.11. The molecule has 0 bridgehead atoms. The molecule has 0 saturated carbocycles. The minimum absolute atomic E-state index is 0.121. The Bertz CT molecular complexity index is 529. The van der Waals surface area contributed by atoms with Crippen molar-refractivity contribution in [3.63, 3.8) is 0 Å². The van der Waals surface area contributed by atoms with E-state index in [0.717, 1.165) is 17.8 Å². The largest absolute Gasteiger partial charge is 0.444 e. The van der Waals surface area contributed by atoms with Crippen LogP contribution in [0.25, 0.3) is 0 Å². The predicted octanol–water partition coefficient (Wildman–Crippen LogP) is 4.60. The molecule has 1 aromatic rings. The van der Waals surface area contributed by atoms with E-state index in [1.807, 2.05) is 0 Å². The predicted molar refractivity (Wildman–Crippen MR) is 71.2 cm³/mol. The number of hydrogen-bond donors (Lipinski definition) is 1. The van der Waals surface area contributed by atoms with Gasteiger partial charge in [0, 0.05) is 4.88 Å². The zero-order chi connectivity index (χ0) is 15.1. The van der Waals surface area contributed by atoms with Crippen LogP contribution in [0.4, 0.5) is 23.7 Å². The highest BCUT2D eigenvalue weighted by Gasteiger charge is 2.40. The molecule has 1 N–H and O–H groups in total. The van der Waals surface area contributed by atoms with Crippen molar-refractivity contribution in [3.8, 4) is 0 Å². The van der Waals surface area contributed by atoms with Crippen LogP contribution in [0, 0.1) is 0 Å². The van der Waals surface area contributed by atoms with Crippen LogP contribution in [-0.4, -0.2) is 11.7 Å². The minimum Gasteiger partial charge on any atom is -0.444 e. The first-order chi connectivity index (χ1) is 9.08. The van der Waals surface area contributed by atoms with E-state index in [2.05, 4.69) is 5.32 Å². The lowest BCUT2D eigenvalue weighted by Crippen LogP contribution is -2.28. The summed E-state index contributed by atoms with van der Waals surface area (Å²) in [7, 11) is 0. The quantitative estimate of drug-likeness (QED) is 0.823. The summed E-state index contributed by atoms with van der Waals surface area (Å²) in [6, 6.07) is 0. The maximum Gasteiger partial charge on any atom is 0.427 e. The van der Waals surface area contributed by atoms with Gasteiger partial charge in [-0.15, -0.1) is 11.3 Å². The van der Waals surface area contributed by atoms with Gasteiger partial charge < -0.3 is 4.74 Å². The molecule has 0 atom stereocenters. The number of alkyl halides is 3. The van der Waals surface area contributed by atoms with Gasteiger partial charge in [0.15, 0.2) is 0 Å². The smallest absolute Gasteiger partial charge is 0.427 e. The van der Waals surface area contributed by atoms with Gasteiger partial charge in [-0.1, -0.05) is 0 Å². The van der Waals surface area contributed by atoms with Crippen molar-refractivity contribution in [2.24, 2.45) is 0 Å². The standard InChI is InChI=1S/C13H16F3NO2S/c1-12(2,3)19-11(18)17-9-7-5-4-6-8(7)20-10(9)13(14,15)16/h4-6H2,1-3H3,(H,17,18). The van der Waals surface area contributed by atoms with Crippen molar-refractivity contribution in [1.29, 1.82) is 0 Å². The van der Waals surface area contributed by atoms with E-state index in [-0.39, 0.29) is 5.69 Å². The lowest BCUT2D eigenvalue weighted by atomic mass is 10.2. The highest BCUT2D eigenvalue weighted by atomic mass is 32.1. The zero-order valence-electron chi connectivity index (χ0n) is 11.5. The molecule has 3 nitrogen and oxygen atoms in total. The summed E-state index contributed by atoms with van der Waals surface area (Å²) in [6.07, 6.45) is -3.29. The van der Waals surface area contributed by atoms with Crippen molar-refractivity contribution in [1.82, 2.24) is 0 Å². The number of hydrogen-bond acceptors (Lipinski definition) is 3. The molecule has 2 rings (SSSR count). The summed E-state index contributed by atoms with van der Waals surface area (Å²) in [4.78, 5) is 11.7. The van der Waals surface area contributed by atoms with Crippen LogP contribution in [-0.2, 0) is 23.8 Å². The second kappa shape index (κ2) is 4.95.